The summed E-state index contributed by atoms with van der Waals surface area (Å²) in [5.74, 6) is 1.18. The molecule has 0 saturated heterocycles. The molecule has 0 amide bonds. The third-order valence-electron chi connectivity index (χ3n) is 5.67. The van der Waals surface area contributed by atoms with E-state index in [1.807, 2.05) is 24.4 Å². The van der Waals surface area contributed by atoms with Crippen molar-refractivity contribution in [2.45, 2.75) is 65.5 Å². The number of fused-ring (bicyclic) bond motifs is 1. The van der Waals surface area contributed by atoms with Crippen molar-refractivity contribution in [3.63, 3.8) is 0 Å². The lowest BCUT2D eigenvalue weighted by Crippen LogP contribution is -2.51. The molecule has 28 heavy (non-hydrogen) atoms. The van der Waals surface area contributed by atoms with Gasteiger partial charge in [-0.05, 0) is 94.0 Å². The van der Waals surface area contributed by atoms with Gasteiger partial charge in [0.2, 0.25) is 0 Å². The van der Waals surface area contributed by atoms with Crippen LogP contribution in [0.5, 0.6) is 5.75 Å². The van der Waals surface area contributed by atoms with E-state index in [-0.39, 0.29) is 5.54 Å². The van der Waals surface area contributed by atoms with Crippen LogP contribution in [0.3, 0.4) is 0 Å². The zero-order chi connectivity index (χ0) is 20.6. The van der Waals surface area contributed by atoms with E-state index >= 15 is 0 Å². The zero-order valence-corrected chi connectivity index (χ0v) is 18.8. The van der Waals surface area contributed by atoms with Crippen LogP contribution in [0.4, 0.5) is 11.4 Å². The molecule has 1 aliphatic heterocycles. The third-order valence-corrected chi connectivity index (χ3v) is 5.96. The Kier molecular flexibility index (Phi) is 5.77. The fraction of sp³-hybridized carbons (Fsp3) is 0.458. The lowest BCUT2D eigenvalue weighted by Gasteiger charge is -2.50. The maximum absolute atomic E-state index is 6.22. The number of methoxy groups -OCH3 is 1. The van der Waals surface area contributed by atoms with Gasteiger partial charge >= 0.3 is 0 Å². The first-order valence-electron chi connectivity index (χ1n) is 9.95. The highest BCUT2D eigenvalue weighted by molar-refractivity contribution is 6.32. The molecule has 0 N–H and O–H groups in total. The summed E-state index contributed by atoms with van der Waals surface area (Å²) >= 11 is 6.22. The van der Waals surface area contributed by atoms with Crippen LogP contribution in [-0.4, -0.2) is 24.9 Å². The Morgan fingerprint density at radius 3 is 2.57 bits per heavy atom. The summed E-state index contributed by atoms with van der Waals surface area (Å²) < 4.78 is 5.21. The smallest absolute Gasteiger partial charge is 0.137 e. The van der Waals surface area contributed by atoms with Crippen molar-refractivity contribution in [2.24, 2.45) is 4.99 Å². The topological polar surface area (TPSA) is 24.8 Å². The molecular weight excluding hydrogens is 368 g/mol. The van der Waals surface area contributed by atoms with Gasteiger partial charge in [0.1, 0.15) is 5.75 Å². The van der Waals surface area contributed by atoms with Crippen molar-refractivity contribution in [3.8, 4) is 5.75 Å². The average Bonchev–Trinajstić information content (AvgIpc) is 2.59. The predicted octanol–water partition coefficient (Wildman–Crippen LogP) is 6.91. The summed E-state index contributed by atoms with van der Waals surface area (Å²) in [5.41, 5.74) is 6.14. The molecule has 3 nitrogen and oxygen atoms in total. The van der Waals surface area contributed by atoms with E-state index in [0.29, 0.717) is 22.7 Å². The Hall–Kier alpha value is -2.00. The van der Waals surface area contributed by atoms with Crippen LogP contribution in [0.15, 0.2) is 35.3 Å². The molecule has 1 aliphatic rings. The largest absolute Gasteiger partial charge is 0.495 e. The summed E-state index contributed by atoms with van der Waals surface area (Å²) in [7, 11) is 1.61. The number of aliphatic imine (C=N–C) groups is 1. The second-order valence-corrected chi connectivity index (χ2v) is 9.13. The van der Waals surface area contributed by atoms with Gasteiger partial charge < -0.3 is 9.64 Å². The molecule has 1 heterocycles. The lowest BCUT2D eigenvalue weighted by atomic mass is 9.78. The summed E-state index contributed by atoms with van der Waals surface area (Å²) in [6.07, 6.45) is 3.09. The SMILES string of the molecule is COc1ccc(N=Cc2cc3c(cc2C)N(C(C)C)C(C)(C)C[C@H]3C)cc1Cl. The monoisotopic (exact) mass is 398 g/mol. The lowest BCUT2D eigenvalue weighted by molar-refractivity contribution is 0.356. The minimum atomic E-state index is 0.155. The fourth-order valence-corrected chi connectivity index (χ4v) is 4.86. The summed E-state index contributed by atoms with van der Waals surface area (Å²) in [6, 6.07) is 10.7. The summed E-state index contributed by atoms with van der Waals surface area (Å²) in [4.78, 5) is 7.22. The van der Waals surface area contributed by atoms with Gasteiger partial charge in [0, 0.05) is 23.5 Å². The van der Waals surface area contributed by atoms with E-state index in [9.17, 15) is 0 Å². The average molecular weight is 399 g/mol. The van der Waals surface area contributed by atoms with E-state index in [1.165, 1.54) is 16.8 Å². The number of nitrogens with zero attached hydrogens (tertiary/aromatic N) is 2. The Labute approximate surface area is 174 Å². The second-order valence-electron chi connectivity index (χ2n) is 8.73. The fourth-order valence-electron chi connectivity index (χ4n) is 4.61. The number of benzene rings is 2. The molecule has 4 heteroatoms. The molecule has 0 spiro atoms. The minimum Gasteiger partial charge on any atom is -0.495 e. The Balaban J connectivity index is 1.99. The molecule has 0 bridgehead atoms. The van der Waals surface area contributed by atoms with E-state index in [0.717, 1.165) is 17.7 Å². The molecule has 0 fully saturated rings. The quantitative estimate of drug-likeness (QED) is 0.522. The van der Waals surface area contributed by atoms with Crippen LogP contribution in [-0.2, 0) is 0 Å². The first-order valence-corrected chi connectivity index (χ1v) is 10.3. The highest BCUT2D eigenvalue weighted by atomic mass is 35.5. The standard InChI is InChI=1S/C24H31ClN2O/c1-15(2)27-22-10-16(3)18(11-20(22)17(4)13-24(27,5)6)14-26-19-8-9-23(28-7)21(25)12-19/h8-12,14-15,17H,13H2,1-7H3/t17-/m1/s1. The number of aryl methyl sites for hydroxylation is 1. The van der Waals surface area contributed by atoms with Gasteiger partial charge in [-0.15, -0.1) is 0 Å². The van der Waals surface area contributed by atoms with Crippen LogP contribution in [0, 0.1) is 6.92 Å². The van der Waals surface area contributed by atoms with E-state index in [1.54, 1.807) is 7.11 Å². The number of ether oxygens (including phenoxy) is 1. The molecule has 2 aromatic rings. The van der Waals surface area contributed by atoms with Gasteiger partial charge in [-0.1, -0.05) is 18.5 Å². The maximum Gasteiger partial charge on any atom is 0.137 e. The second kappa shape index (κ2) is 7.79. The van der Waals surface area contributed by atoms with Crippen molar-refractivity contribution in [2.75, 3.05) is 12.0 Å². The first-order chi connectivity index (χ1) is 13.1. The van der Waals surface area contributed by atoms with Crippen molar-refractivity contribution in [3.05, 3.63) is 52.0 Å². The number of hydrogen-bond acceptors (Lipinski definition) is 3. The van der Waals surface area contributed by atoms with E-state index in [2.05, 4.69) is 63.6 Å². The zero-order valence-electron chi connectivity index (χ0n) is 18.0. The number of rotatable bonds is 4. The Morgan fingerprint density at radius 1 is 1.25 bits per heavy atom. The van der Waals surface area contributed by atoms with Crippen LogP contribution in [0.2, 0.25) is 5.02 Å². The highest BCUT2D eigenvalue weighted by Crippen LogP contribution is 2.45. The van der Waals surface area contributed by atoms with Crippen LogP contribution in [0.1, 0.15) is 63.6 Å². The minimum absolute atomic E-state index is 0.155. The first kappa shape index (κ1) is 20.7. The normalized spacial score (nSPS) is 18.6. The van der Waals surface area contributed by atoms with E-state index in [4.69, 9.17) is 16.3 Å². The molecule has 2 aromatic carbocycles. The number of hydrogen-bond donors (Lipinski definition) is 0. The van der Waals surface area contributed by atoms with Crippen molar-refractivity contribution >= 4 is 29.2 Å². The van der Waals surface area contributed by atoms with Gasteiger partial charge in [0.15, 0.2) is 0 Å². The Bertz CT molecular complexity index is 902. The molecule has 0 aromatic heterocycles. The molecule has 0 unspecified atom stereocenters. The van der Waals surface area contributed by atoms with Gasteiger partial charge in [0.05, 0.1) is 17.8 Å². The van der Waals surface area contributed by atoms with Crippen molar-refractivity contribution < 1.29 is 4.74 Å². The maximum atomic E-state index is 6.22. The summed E-state index contributed by atoms with van der Waals surface area (Å²) in [6.45, 7) is 13.7. The van der Waals surface area contributed by atoms with Gasteiger partial charge in [-0.2, -0.15) is 0 Å². The molecule has 0 aliphatic carbocycles. The highest BCUT2D eigenvalue weighted by Gasteiger charge is 2.37. The molecular formula is C24H31ClN2O. The van der Waals surface area contributed by atoms with Gasteiger partial charge in [-0.3, -0.25) is 4.99 Å². The van der Waals surface area contributed by atoms with Crippen LogP contribution in [0.25, 0.3) is 0 Å². The number of anilines is 1. The van der Waals surface area contributed by atoms with Gasteiger partial charge in [-0.25, -0.2) is 0 Å². The predicted molar refractivity (Wildman–Crippen MR) is 121 cm³/mol. The molecule has 3 rings (SSSR count). The molecule has 150 valence electrons. The van der Waals surface area contributed by atoms with Gasteiger partial charge in [0.25, 0.3) is 0 Å². The Morgan fingerprint density at radius 2 is 1.96 bits per heavy atom. The molecule has 0 saturated carbocycles. The van der Waals surface area contributed by atoms with Crippen LogP contribution >= 0.6 is 11.6 Å². The number of halogens is 1. The molecule has 1 atom stereocenters. The summed E-state index contributed by atoms with van der Waals surface area (Å²) in [5, 5.41) is 0.572. The van der Waals surface area contributed by atoms with Crippen LogP contribution < -0.4 is 9.64 Å². The van der Waals surface area contributed by atoms with Crippen molar-refractivity contribution in [1.29, 1.82) is 0 Å². The van der Waals surface area contributed by atoms with E-state index < -0.39 is 0 Å². The third kappa shape index (κ3) is 3.91. The molecule has 0 radical (unpaired) electrons. The van der Waals surface area contributed by atoms with Crippen molar-refractivity contribution in [1.82, 2.24) is 0 Å².